The molecule has 1 unspecified atom stereocenters. The van der Waals surface area contributed by atoms with E-state index in [1.807, 2.05) is 0 Å². The SMILES string of the molecule is CC(=O)N[C@H]1[C@H](O[C@H]2CC[C@@]3(C)C(CC[C@]4(C)[C@@H]3CC=C3[C@@H]5CC(C)(C)[C@@H]6C[C@]5(C(=O)O6)[C@H](O)C[C@]34C)C2(C)C)O[C@H](CO[C@@H]2OC[C@H](O)[C@H](O)[C@H]2O[C@@H]2OC[C@@H](O)[C@H](O)[C@H]2O)[C@@H](O)[C@@H]1O. The molecule has 0 aromatic heterocycles. The van der Waals surface area contributed by atoms with Gasteiger partial charge in [0, 0.05) is 18.8 Å². The van der Waals surface area contributed by atoms with Crippen LogP contribution in [-0.4, -0.2) is 171 Å². The summed E-state index contributed by atoms with van der Waals surface area (Å²) in [5.74, 6) is -0.317. The van der Waals surface area contributed by atoms with Crippen LogP contribution in [0.5, 0.6) is 0 Å². The molecule has 1 spiro atoms. The molecule has 2 bridgehead atoms. The average Bonchev–Trinajstić information content (AvgIpc) is 3.57. The summed E-state index contributed by atoms with van der Waals surface area (Å²) in [5, 5.41) is 89.8. The lowest BCUT2D eigenvalue weighted by molar-refractivity contribution is -0.352. The maximum absolute atomic E-state index is 13.7. The van der Waals surface area contributed by atoms with Crippen LogP contribution < -0.4 is 5.32 Å². The lowest BCUT2D eigenvalue weighted by Gasteiger charge is -2.71. The zero-order chi connectivity index (χ0) is 47.8. The Bertz CT molecular complexity index is 1900. The molecule has 9 rings (SSSR count). The van der Waals surface area contributed by atoms with Gasteiger partial charge in [-0.15, -0.1) is 0 Å². The number of amides is 1. The number of hydrogen-bond acceptors (Lipinski definition) is 17. The van der Waals surface area contributed by atoms with Crippen molar-refractivity contribution < 1.29 is 83.6 Å². The minimum atomic E-state index is -1.71. The van der Waals surface area contributed by atoms with E-state index in [0.29, 0.717) is 19.3 Å². The Balaban J connectivity index is 0.925. The van der Waals surface area contributed by atoms with Crippen LogP contribution in [0, 0.1) is 50.2 Å². The summed E-state index contributed by atoms with van der Waals surface area (Å²) >= 11 is 0. The fourth-order valence-corrected chi connectivity index (χ4v) is 15.4. The molecule has 374 valence electrons. The molecule has 8 fully saturated rings. The number of aliphatic hydroxyl groups excluding tert-OH is 8. The van der Waals surface area contributed by atoms with Crippen molar-refractivity contribution in [1.82, 2.24) is 5.32 Å². The number of nitrogens with one attached hydrogen (secondary N) is 1. The fourth-order valence-electron chi connectivity index (χ4n) is 15.4. The number of hydrogen-bond donors (Lipinski definition) is 9. The van der Waals surface area contributed by atoms with Gasteiger partial charge in [0.25, 0.3) is 0 Å². The summed E-state index contributed by atoms with van der Waals surface area (Å²) in [6.07, 6.45) is -10.7. The number of carbonyl (C=O) groups is 2. The van der Waals surface area contributed by atoms with Crippen LogP contribution in [0.3, 0.4) is 0 Å². The number of fused-ring (bicyclic) bond motifs is 7. The highest BCUT2D eigenvalue weighted by Crippen LogP contribution is 2.76. The molecule has 5 aliphatic carbocycles. The standard InChI is InChI=1S/C48H75NO17/c1-21(50)49-32-36(57)35(56)26(20-62-41-38(34(55)25(52)19-61-41)66-40-37(58)33(54)24(51)18-60-40)63-39(32)64-30-12-13-45(6)27(44(30,4)5)11-14-46(7)28(45)10-9-22-23-15-43(2,3)31-17-48(23,42(59)65-31)29(53)16-47(22,46)8/h9,23-41,51-58H,10-20H2,1-8H3,(H,49,50)/t23-,24+,25-,26+,27?,28+,29+,30-,31-,32+,33-,34-,35+,36+,37+,38+,39-,40-,41-,45-,46+,47+,48+/m0/s1. The zero-order valence-electron chi connectivity index (χ0n) is 39.6. The molecule has 18 nitrogen and oxygen atoms in total. The topological polar surface area (TPSA) is 273 Å². The number of esters is 1. The summed E-state index contributed by atoms with van der Waals surface area (Å²) in [6, 6.07) is -1.15. The van der Waals surface area contributed by atoms with Gasteiger partial charge in [-0.25, -0.2) is 0 Å². The molecule has 9 N–H and O–H groups in total. The van der Waals surface area contributed by atoms with Crippen LogP contribution in [0.2, 0.25) is 0 Å². The molecule has 4 aliphatic heterocycles. The Kier molecular flexibility index (Phi) is 12.6. The van der Waals surface area contributed by atoms with Crippen molar-refractivity contribution in [3.05, 3.63) is 11.6 Å². The summed E-state index contributed by atoms with van der Waals surface area (Å²) < 4.78 is 42.1. The molecule has 4 saturated carbocycles. The quantitative estimate of drug-likeness (QED) is 0.0914. The summed E-state index contributed by atoms with van der Waals surface area (Å²) in [7, 11) is 0. The Morgan fingerprint density at radius 2 is 1.45 bits per heavy atom. The van der Waals surface area contributed by atoms with Crippen LogP contribution >= 0.6 is 0 Å². The van der Waals surface area contributed by atoms with Gasteiger partial charge < -0.3 is 79.3 Å². The largest absolute Gasteiger partial charge is 0.461 e. The van der Waals surface area contributed by atoms with Gasteiger partial charge in [0.15, 0.2) is 18.9 Å². The van der Waals surface area contributed by atoms with Crippen LogP contribution in [-0.2, 0) is 42.7 Å². The summed E-state index contributed by atoms with van der Waals surface area (Å²) in [4.78, 5) is 26.3. The van der Waals surface area contributed by atoms with Crippen molar-refractivity contribution in [3.8, 4) is 0 Å². The molecular formula is C48H75NO17. The van der Waals surface area contributed by atoms with E-state index in [9.17, 15) is 50.4 Å². The second-order valence-electron chi connectivity index (χ2n) is 23.6. The third-order valence-corrected chi connectivity index (χ3v) is 19.4. The first-order valence-electron chi connectivity index (χ1n) is 24.3. The molecule has 9 aliphatic rings. The van der Waals surface area contributed by atoms with Gasteiger partial charge in [-0.3, -0.25) is 9.59 Å². The molecule has 0 radical (unpaired) electrons. The Morgan fingerprint density at radius 3 is 2.15 bits per heavy atom. The third kappa shape index (κ3) is 7.31. The highest BCUT2D eigenvalue weighted by Gasteiger charge is 2.74. The molecule has 23 atom stereocenters. The molecule has 0 aromatic carbocycles. The Hall–Kier alpha value is -1.88. The highest BCUT2D eigenvalue weighted by atomic mass is 16.8. The molecule has 4 saturated heterocycles. The van der Waals surface area contributed by atoms with Crippen molar-refractivity contribution in [2.24, 2.45) is 50.2 Å². The molecule has 0 aromatic rings. The van der Waals surface area contributed by atoms with E-state index >= 15 is 0 Å². The van der Waals surface area contributed by atoms with Crippen LogP contribution in [0.1, 0.15) is 107 Å². The van der Waals surface area contributed by atoms with Crippen LogP contribution in [0.25, 0.3) is 0 Å². The first kappa shape index (κ1) is 49.1. The maximum Gasteiger partial charge on any atom is 0.315 e. The number of carbonyl (C=O) groups excluding carboxylic acids is 2. The monoisotopic (exact) mass is 938 g/mol. The predicted octanol–water partition coefficient (Wildman–Crippen LogP) is 0.550. The first-order valence-corrected chi connectivity index (χ1v) is 24.3. The van der Waals surface area contributed by atoms with E-state index in [0.717, 1.165) is 32.1 Å². The lowest BCUT2D eigenvalue weighted by atomic mass is 9.33. The highest BCUT2D eigenvalue weighted by molar-refractivity contribution is 5.82. The minimum Gasteiger partial charge on any atom is -0.461 e. The van der Waals surface area contributed by atoms with Gasteiger partial charge >= 0.3 is 5.97 Å². The maximum atomic E-state index is 13.7. The average molecular weight is 938 g/mol. The Labute approximate surface area is 386 Å². The van der Waals surface area contributed by atoms with E-state index in [2.05, 4.69) is 59.9 Å². The number of aliphatic hydroxyl groups is 8. The summed E-state index contributed by atoms with van der Waals surface area (Å²) in [5.41, 5.74) is -0.823. The first-order chi connectivity index (χ1) is 30.8. The second-order valence-corrected chi connectivity index (χ2v) is 23.6. The minimum absolute atomic E-state index is 0.0769. The van der Waals surface area contributed by atoms with Gasteiger partial charge in [-0.2, -0.15) is 0 Å². The van der Waals surface area contributed by atoms with Gasteiger partial charge in [-0.05, 0) is 84.4 Å². The van der Waals surface area contributed by atoms with Gasteiger partial charge in [0.05, 0.1) is 32.0 Å². The van der Waals surface area contributed by atoms with Crippen molar-refractivity contribution in [2.45, 2.75) is 205 Å². The van der Waals surface area contributed by atoms with Gasteiger partial charge in [0.2, 0.25) is 5.91 Å². The molecule has 66 heavy (non-hydrogen) atoms. The smallest absolute Gasteiger partial charge is 0.315 e. The number of ether oxygens (including phenoxy) is 7. The molecule has 18 heteroatoms. The normalized spacial score (nSPS) is 53.8. The van der Waals surface area contributed by atoms with Crippen LogP contribution in [0.4, 0.5) is 0 Å². The predicted molar refractivity (Wildman–Crippen MR) is 229 cm³/mol. The van der Waals surface area contributed by atoms with Crippen molar-refractivity contribution in [2.75, 3.05) is 19.8 Å². The van der Waals surface area contributed by atoms with E-state index in [1.165, 1.54) is 12.5 Å². The van der Waals surface area contributed by atoms with Crippen molar-refractivity contribution in [1.29, 1.82) is 0 Å². The van der Waals surface area contributed by atoms with Crippen molar-refractivity contribution >= 4 is 11.9 Å². The van der Waals surface area contributed by atoms with Crippen LogP contribution in [0.15, 0.2) is 11.6 Å². The number of rotatable bonds is 8. The van der Waals surface area contributed by atoms with Gasteiger partial charge in [0.1, 0.15) is 72.5 Å². The van der Waals surface area contributed by atoms with E-state index in [-0.39, 0.29) is 64.7 Å². The molecule has 4 heterocycles. The molecular weight excluding hydrogens is 863 g/mol. The summed E-state index contributed by atoms with van der Waals surface area (Å²) in [6.45, 7) is 16.1. The van der Waals surface area contributed by atoms with E-state index < -0.39 is 115 Å². The van der Waals surface area contributed by atoms with E-state index in [4.69, 9.17) is 33.2 Å². The number of allylic oxidation sites excluding steroid dienone is 2. The third-order valence-electron chi connectivity index (χ3n) is 19.4. The van der Waals surface area contributed by atoms with E-state index in [1.54, 1.807) is 0 Å². The zero-order valence-corrected chi connectivity index (χ0v) is 39.6. The second kappa shape index (κ2) is 16.9. The lowest BCUT2D eigenvalue weighted by Crippen LogP contribution is -2.68. The van der Waals surface area contributed by atoms with Gasteiger partial charge in [-0.1, -0.05) is 60.1 Å². The fraction of sp³-hybridized carbons (Fsp3) is 0.917. The van der Waals surface area contributed by atoms with Crippen molar-refractivity contribution in [3.63, 3.8) is 0 Å². The Morgan fingerprint density at radius 1 is 0.773 bits per heavy atom. The molecule has 1 amide bonds.